The molecule has 2 aliphatic heterocycles. The van der Waals surface area contributed by atoms with Crippen LogP contribution in [-0.2, 0) is 70.9 Å². The molecule has 5 fully saturated rings. The molecule has 8 atom stereocenters. The lowest BCUT2D eigenvalue weighted by Gasteiger charge is -2.69. The number of thiazole rings is 1. The number of anilines is 1. The van der Waals surface area contributed by atoms with Gasteiger partial charge in [-0.2, -0.15) is 13.5 Å². The number of carbonyl (C=O) groups excluding carboxylic acids is 6. The number of hydrogen-bond donors (Lipinski definition) is 9. The Kier molecular flexibility index (Phi) is 24.7. The number of aliphatic hydroxyl groups excluding tert-OH is 3. The number of para-hydroxylation sites is 1. The molecule has 1 saturated heterocycles. The molecule has 7 aromatic rings. The van der Waals surface area contributed by atoms with Crippen molar-refractivity contribution in [2.75, 3.05) is 77.4 Å². The molecule has 6 aliphatic rings. The SMILES string of the molecule is COCCN(CCOC12CC3(C)CC(C)(CC(Cn4ncc(-c5ccc(-c6ccc7cccc(C(=O)Nc8nc9ccccc9s8)c7c6)nc5C(=O)O)c4C)(C3)C1)C2)C(=O)OCc1ccc(O[C@@H]2O[C@H](C(=O)O)[C@@H](O)[C@H](O)[C@H]2O)cc1OCCOCCNC(=O)[C@H](CS(=O)(=O)O)NC(=O)CCCCCN1C(=O)C=CC1=O. The predicted octanol–water partition coefficient (Wildman–Crippen LogP) is 6.70. The molecule has 5 heterocycles. The lowest BCUT2D eigenvalue weighted by atomic mass is 9.39. The second-order valence-corrected chi connectivity index (χ2v) is 32.4. The number of hydrogen-bond acceptors (Lipinski definition) is 24. The molecule has 4 aromatic carbocycles. The van der Waals surface area contributed by atoms with Crippen molar-refractivity contribution >= 4 is 95.1 Å². The van der Waals surface area contributed by atoms with Gasteiger partial charge in [-0.25, -0.2) is 24.4 Å². The number of pyridine rings is 1. The van der Waals surface area contributed by atoms with Gasteiger partial charge >= 0.3 is 18.0 Å². The summed E-state index contributed by atoms with van der Waals surface area (Å²) in [5, 5.41) is 66.6. The Morgan fingerprint density at radius 3 is 2.28 bits per heavy atom. The number of imide groups is 1. The number of aromatic carboxylic acids is 1. The monoisotopic (exact) mass is 1570 g/mol. The van der Waals surface area contributed by atoms with E-state index in [4.69, 9.17) is 43.2 Å². The summed E-state index contributed by atoms with van der Waals surface area (Å²) in [7, 11) is -3.26. The summed E-state index contributed by atoms with van der Waals surface area (Å²) in [6, 6.07) is 24.7. The fourth-order valence-corrected chi connectivity index (χ4v) is 18.5. The number of methoxy groups -OCH3 is 1. The zero-order valence-corrected chi connectivity index (χ0v) is 63.2. The van der Waals surface area contributed by atoms with Crippen LogP contribution in [0.1, 0.15) is 110 Å². The Morgan fingerprint density at radius 1 is 0.793 bits per heavy atom. The minimum atomic E-state index is -4.76. The average molecular weight is 1570 g/mol. The number of amides is 6. The maximum absolute atomic E-state index is 14.3. The van der Waals surface area contributed by atoms with Crippen LogP contribution in [-0.4, -0.2) is 230 Å². The second kappa shape index (κ2) is 34.0. The van der Waals surface area contributed by atoms with Gasteiger partial charge in [0.2, 0.25) is 18.1 Å². The summed E-state index contributed by atoms with van der Waals surface area (Å²) in [6.45, 7) is 6.64. The Hall–Kier alpha value is -9.88. The van der Waals surface area contributed by atoms with Gasteiger partial charge in [-0.1, -0.05) is 68.0 Å². The van der Waals surface area contributed by atoms with E-state index in [1.165, 1.54) is 41.5 Å². The smallest absolute Gasteiger partial charge is 0.410 e. The van der Waals surface area contributed by atoms with E-state index in [2.05, 4.69) is 34.8 Å². The molecule has 6 amide bonds. The number of rotatable bonds is 36. The number of ether oxygens (including phenoxy) is 7. The fraction of sp³-hybridized carbons (Fsp3) is 0.468. The number of carboxylic acid groups (broad SMARTS) is 2. The molecule has 4 saturated carbocycles. The van der Waals surface area contributed by atoms with E-state index in [0.717, 1.165) is 70.5 Å². The van der Waals surface area contributed by atoms with Crippen molar-refractivity contribution in [1.29, 1.82) is 0 Å². The first kappa shape index (κ1) is 80.6. The Labute approximate surface area is 642 Å². The zero-order valence-electron chi connectivity index (χ0n) is 61.5. The largest absolute Gasteiger partial charge is 0.491 e. The highest BCUT2D eigenvalue weighted by molar-refractivity contribution is 7.85. The molecule has 34 heteroatoms. The number of nitrogens with zero attached hydrogens (tertiary/aromatic N) is 6. The van der Waals surface area contributed by atoms with E-state index in [0.29, 0.717) is 64.3 Å². The van der Waals surface area contributed by atoms with Gasteiger partial charge in [0.1, 0.15) is 54.8 Å². The normalized spacial score (nSPS) is 23.6. The minimum absolute atomic E-state index is 0.0393. The summed E-state index contributed by atoms with van der Waals surface area (Å²) < 4.78 is 77.6. The number of carboxylic acids is 2. The first-order valence-electron chi connectivity index (χ1n) is 36.4. The first-order chi connectivity index (χ1) is 52.9. The molecule has 13 rings (SSSR count). The Balaban J connectivity index is 0.674. The first-order valence-corrected chi connectivity index (χ1v) is 38.8. The van der Waals surface area contributed by atoms with Crippen molar-refractivity contribution in [2.24, 2.45) is 16.2 Å². The zero-order chi connectivity index (χ0) is 79.2. The quantitative estimate of drug-likeness (QED) is 0.0112. The van der Waals surface area contributed by atoms with Crippen molar-refractivity contribution in [3.63, 3.8) is 0 Å². The highest BCUT2D eigenvalue weighted by Gasteiger charge is 2.66. The van der Waals surface area contributed by atoms with Crippen LogP contribution in [0.2, 0.25) is 0 Å². The van der Waals surface area contributed by atoms with Crippen LogP contribution >= 0.6 is 11.3 Å². The van der Waals surface area contributed by atoms with E-state index in [1.807, 2.05) is 66.2 Å². The molecular weight excluding hydrogens is 1480 g/mol. The van der Waals surface area contributed by atoms with Crippen molar-refractivity contribution in [3.8, 4) is 33.9 Å². The molecule has 4 bridgehead atoms. The Bertz CT molecular complexity index is 4770. The summed E-state index contributed by atoms with van der Waals surface area (Å²) in [6.07, 6.45) is -0.313. The topological polar surface area (TPSA) is 443 Å². The number of carbonyl (C=O) groups is 8. The van der Waals surface area contributed by atoms with Crippen LogP contribution in [0.3, 0.4) is 0 Å². The van der Waals surface area contributed by atoms with E-state index in [9.17, 15) is 76.9 Å². The highest BCUT2D eigenvalue weighted by Crippen LogP contribution is 2.72. The summed E-state index contributed by atoms with van der Waals surface area (Å²) in [5.41, 5.74) is 3.08. The van der Waals surface area contributed by atoms with Crippen molar-refractivity contribution in [3.05, 3.63) is 132 Å². The standard InChI is InChI=1S/C77H89N9O23S2/c1-45-53(50-20-21-54(81-62(50)69(95)96)47-17-16-46-11-10-12-51(52(46)33-47)67(93)83-72-82-55-13-7-8-14-58(55)110-72)35-79-86(45)44-76-39-74(2)38-75(3,40-76)42-77(41-74,43-76)107-30-27-84(26-29-103-4)73(99)106-36-48-18-19-49(108-71-65(92)63(90)64(91)66(109-71)70(97)98)34-57(48)105-32-31-104-28-24-78-68(94)56(37-111(100,101)102)80-59(87)15-6-5-9-25-85-60(88)22-23-61(85)89/h7-8,10-14,16-23,33-35,56,63-66,71,90-92H,5-6,9,15,24-32,36-44H2,1-4H3,(H,78,94)(H,80,87)(H,95,96)(H,97,98)(H,82,83,93)(H,100,101,102)/t56-,63-,64-,65+,66-,71+,74?,75?,76?,77?/m0/s1. The van der Waals surface area contributed by atoms with E-state index in [1.54, 1.807) is 24.4 Å². The van der Waals surface area contributed by atoms with Crippen molar-refractivity contribution < 1.29 is 110 Å². The number of unbranched alkanes of at least 4 members (excludes halogenated alkanes) is 2. The average Bonchev–Trinajstić information content (AvgIpc) is 0.902. The minimum Gasteiger partial charge on any atom is -0.491 e. The molecule has 0 radical (unpaired) electrons. The van der Waals surface area contributed by atoms with Crippen LogP contribution in [0.5, 0.6) is 11.5 Å². The number of aliphatic hydroxyl groups is 3. The molecule has 0 spiro atoms. The lowest BCUT2D eigenvalue weighted by molar-refractivity contribution is -0.271. The molecule has 2 unspecified atom stereocenters. The maximum atomic E-state index is 14.3. The molecule has 111 heavy (non-hydrogen) atoms. The molecule has 3 aromatic heterocycles. The van der Waals surface area contributed by atoms with Crippen LogP contribution in [0.15, 0.2) is 109 Å². The predicted molar refractivity (Wildman–Crippen MR) is 400 cm³/mol. The summed E-state index contributed by atoms with van der Waals surface area (Å²) >= 11 is 1.38. The van der Waals surface area contributed by atoms with Gasteiger partial charge in [-0.3, -0.25) is 43.4 Å². The van der Waals surface area contributed by atoms with Crippen LogP contribution in [0, 0.1) is 23.2 Å². The third-order valence-corrected chi connectivity index (χ3v) is 22.6. The maximum Gasteiger partial charge on any atom is 0.410 e. The van der Waals surface area contributed by atoms with Gasteiger partial charge in [0.05, 0.1) is 54.1 Å². The number of benzene rings is 4. The van der Waals surface area contributed by atoms with Gasteiger partial charge in [-0.15, -0.1) is 0 Å². The molecular formula is C77H89N9O23S2. The Morgan fingerprint density at radius 2 is 1.55 bits per heavy atom. The summed E-state index contributed by atoms with van der Waals surface area (Å²) in [5.74, 6) is -6.87. The molecule has 9 N–H and O–H groups in total. The highest BCUT2D eigenvalue weighted by atomic mass is 32.2. The van der Waals surface area contributed by atoms with Crippen molar-refractivity contribution in [2.45, 2.75) is 140 Å². The van der Waals surface area contributed by atoms with Gasteiger partial charge in [0, 0.05) is 98.0 Å². The number of nitrogens with one attached hydrogen (secondary N) is 3. The third-order valence-electron chi connectivity index (χ3n) is 20.9. The van der Waals surface area contributed by atoms with Gasteiger partial charge < -0.3 is 74.2 Å². The van der Waals surface area contributed by atoms with Crippen LogP contribution in [0.4, 0.5) is 9.93 Å². The second-order valence-electron chi connectivity index (χ2n) is 29.8. The lowest BCUT2D eigenvalue weighted by Crippen LogP contribution is -2.64. The van der Waals surface area contributed by atoms with E-state index < -0.39 is 99.9 Å². The summed E-state index contributed by atoms with van der Waals surface area (Å²) in [4.78, 5) is 115. The van der Waals surface area contributed by atoms with Gasteiger partial charge in [0.25, 0.3) is 27.8 Å². The fourth-order valence-electron chi connectivity index (χ4n) is 17.0. The van der Waals surface area contributed by atoms with Gasteiger partial charge in [0.15, 0.2) is 16.9 Å². The molecule has 32 nitrogen and oxygen atoms in total. The van der Waals surface area contributed by atoms with Crippen LogP contribution in [0.25, 0.3) is 43.4 Å². The molecule has 592 valence electrons. The number of aromatic nitrogens is 4. The van der Waals surface area contributed by atoms with Gasteiger partial charge in [-0.05, 0) is 134 Å². The van der Waals surface area contributed by atoms with Crippen LogP contribution < -0.4 is 25.4 Å². The molecule has 4 aliphatic carbocycles. The third kappa shape index (κ3) is 19.2. The number of aliphatic carboxylic acids is 1. The van der Waals surface area contributed by atoms with Crippen molar-refractivity contribution in [1.82, 2.24) is 40.2 Å². The number of fused-ring (bicyclic) bond motifs is 2. The van der Waals surface area contributed by atoms with E-state index >= 15 is 0 Å². The van der Waals surface area contributed by atoms with E-state index in [-0.39, 0.29) is 124 Å².